The van der Waals surface area contributed by atoms with E-state index in [9.17, 15) is 0 Å². The van der Waals surface area contributed by atoms with Crippen molar-refractivity contribution in [3.05, 3.63) is 4.91 Å². The Hall–Kier alpha value is 0.277. The van der Waals surface area contributed by atoms with E-state index in [0.717, 1.165) is 0 Å². The molecule has 0 aliphatic heterocycles. The predicted octanol–water partition coefficient (Wildman–Crippen LogP) is -1.63. The third-order valence-electron chi connectivity index (χ3n) is 0. The summed E-state index contributed by atoms with van der Waals surface area (Å²) in [6, 6.07) is 0. The van der Waals surface area contributed by atoms with Crippen LogP contribution in [-0.2, 0) is 4.46 Å². The van der Waals surface area contributed by atoms with E-state index >= 15 is 0 Å². The van der Waals surface area contributed by atoms with E-state index < -0.39 is 9.17 Å². The van der Waals surface area contributed by atoms with E-state index in [1.807, 2.05) is 0 Å². The van der Waals surface area contributed by atoms with Gasteiger partial charge in [0, 0.05) is 0 Å². The standard InChI is InChI=1S/Ca.HNO2.H2O3Si.2H/c;2-1-3;1-4(2)3;;/h;(H,2,3);1-2H;;/q+2;;;2*-1. The van der Waals surface area contributed by atoms with Gasteiger partial charge in [-0.3, -0.25) is 4.46 Å². The van der Waals surface area contributed by atoms with Crippen molar-refractivity contribution < 1.29 is 22.1 Å². The van der Waals surface area contributed by atoms with Crippen LogP contribution in [0.4, 0.5) is 0 Å². The van der Waals surface area contributed by atoms with Crippen LogP contribution >= 0.6 is 0 Å². The van der Waals surface area contributed by atoms with Crippen LogP contribution in [0.3, 0.4) is 0 Å². The van der Waals surface area contributed by atoms with Crippen molar-refractivity contribution in [1.82, 2.24) is 0 Å². The zero-order valence-corrected chi connectivity index (χ0v) is 7.02. The van der Waals surface area contributed by atoms with Crippen molar-refractivity contribution >= 4 is 46.9 Å². The first-order valence-corrected chi connectivity index (χ1v) is 2.34. The number of hydrogen-bond donors (Lipinski definition) is 3. The van der Waals surface area contributed by atoms with Crippen LogP contribution in [0.5, 0.6) is 0 Å². The van der Waals surface area contributed by atoms with Crippen LogP contribution < -0.4 is 0 Å². The second kappa shape index (κ2) is 15.7. The Kier molecular flexibility index (Phi) is 30.8. The maximum atomic E-state index is 8.74. The van der Waals surface area contributed by atoms with Gasteiger partial charge in [0.15, 0.2) is 5.34 Å². The van der Waals surface area contributed by atoms with Crippen LogP contribution in [0, 0.1) is 4.91 Å². The third kappa shape index (κ3) is 2280. The SMILES string of the molecule is O=NO.O=[Si](O)O.[Ca+2].[H-].[H-]. The van der Waals surface area contributed by atoms with Crippen LogP contribution in [0.15, 0.2) is 5.34 Å². The Morgan fingerprint density at radius 3 is 1.50 bits per heavy atom. The summed E-state index contributed by atoms with van der Waals surface area (Å²) in [6.45, 7) is 0. The van der Waals surface area contributed by atoms with Gasteiger partial charge < -0.3 is 17.7 Å². The summed E-state index contributed by atoms with van der Waals surface area (Å²) in [7, 11) is -3.13. The molecule has 3 N–H and O–H groups in total. The van der Waals surface area contributed by atoms with Gasteiger partial charge in [-0.25, -0.2) is 0 Å². The molecule has 0 aromatic rings. The molecule has 0 amide bonds. The van der Waals surface area contributed by atoms with E-state index in [2.05, 4.69) is 0 Å². The van der Waals surface area contributed by atoms with E-state index in [1.54, 1.807) is 0 Å². The molecule has 0 spiro atoms. The summed E-state index contributed by atoms with van der Waals surface area (Å²) in [6.07, 6.45) is 0. The Bertz CT molecular complexity index is 66.7. The molecule has 0 saturated carbocycles. The third-order valence-corrected chi connectivity index (χ3v) is 0. The first kappa shape index (κ1) is 15.7. The van der Waals surface area contributed by atoms with Crippen LogP contribution in [-0.4, -0.2) is 61.7 Å². The Morgan fingerprint density at radius 2 is 1.50 bits per heavy atom. The molecular weight excluding hydrogens is 162 g/mol. The molecule has 0 aromatic heterocycles. The minimum absolute atomic E-state index is 0. The van der Waals surface area contributed by atoms with Crippen molar-refractivity contribution in [2.45, 2.75) is 0 Å². The van der Waals surface area contributed by atoms with E-state index in [-0.39, 0.29) is 40.6 Å². The second-order valence-corrected chi connectivity index (χ2v) is 0.929. The van der Waals surface area contributed by atoms with Crippen molar-refractivity contribution in [2.24, 2.45) is 5.34 Å². The van der Waals surface area contributed by atoms with E-state index in [1.165, 1.54) is 5.34 Å². The van der Waals surface area contributed by atoms with Gasteiger partial charge in [-0.2, -0.15) is 0 Å². The van der Waals surface area contributed by atoms with Gasteiger partial charge in [0.1, 0.15) is 0 Å². The normalized spacial score (nSPS) is 4.50. The zero-order valence-electron chi connectivity index (χ0n) is 5.81. The summed E-state index contributed by atoms with van der Waals surface area (Å²) in [5.41, 5.74) is 0. The average molecular weight is 167 g/mol. The quantitative estimate of drug-likeness (QED) is 0.228. The summed E-state index contributed by atoms with van der Waals surface area (Å²) >= 11 is 0. The monoisotopic (exact) mass is 167 g/mol. The minimum Gasteiger partial charge on any atom is -1.00 e. The van der Waals surface area contributed by atoms with Crippen LogP contribution in [0.1, 0.15) is 2.85 Å². The Morgan fingerprint density at radius 1 is 1.50 bits per heavy atom. The molecular formula is H5CaNO5Si. The van der Waals surface area contributed by atoms with Gasteiger partial charge in [-0.15, -0.1) is 4.91 Å². The molecule has 0 atom stereocenters. The molecule has 0 heterocycles. The maximum absolute atomic E-state index is 8.74. The number of nitrogens with zero attached hydrogens (tertiary/aromatic N) is 1. The number of rotatable bonds is 0. The molecule has 46 valence electrons. The largest absolute Gasteiger partial charge is 2.00 e. The summed E-state index contributed by atoms with van der Waals surface area (Å²) in [5, 5.41) is 7.89. The van der Waals surface area contributed by atoms with Gasteiger partial charge in [-0.1, -0.05) is 0 Å². The molecule has 0 unspecified atom stereocenters. The summed E-state index contributed by atoms with van der Waals surface area (Å²) in [5.74, 6) is 0. The fraction of sp³-hybridized carbons (Fsp3) is 0. The van der Waals surface area contributed by atoms with Gasteiger partial charge in [0.2, 0.25) is 0 Å². The predicted molar refractivity (Wildman–Crippen MR) is 26.4 cm³/mol. The van der Waals surface area contributed by atoms with Crippen LogP contribution in [0.2, 0.25) is 0 Å². The molecule has 0 rings (SSSR count). The van der Waals surface area contributed by atoms with E-state index in [0.29, 0.717) is 0 Å². The molecule has 8 heavy (non-hydrogen) atoms. The molecule has 0 saturated heterocycles. The minimum atomic E-state index is -3.13. The first-order valence-electron chi connectivity index (χ1n) is 1.03. The fourth-order valence-electron chi connectivity index (χ4n) is 0. The summed E-state index contributed by atoms with van der Waals surface area (Å²) in [4.78, 5) is 22.4. The van der Waals surface area contributed by atoms with Gasteiger partial charge in [-0.05, 0) is 0 Å². The van der Waals surface area contributed by atoms with Gasteiger partial charge >= 0.3 is 46.9 Å². The fourth-order valence-corrected chi connectivity index (χ4v) is 0. The molecule has 0 aromatic carbocycles. The molecule has 0 aliphatic rings. The topological polar surface area (TPSA) is 107 Å². The van der Waals surface area contributed by atoms with Crippen molar-refractivity contribution in [3.63, 3.8) is 0 Å². The van der Waals surface area contributed by atoms with E-state index in [4.69, 9.17) is 24.2 Å². The maximum Gasteiger partial charge on any atom is 2.00 e. The Labute approximate surface area is 78.9 Å². The van der Waals surface area contributed by atoms with Crippen molar-refractivity contribution in [1.29, 1.82) is 0 Å². The van der Waals surface area contributed by atoms with Gasteiger partial charge in [0.05, 0.1) is 0 Å². The first-order chi connectivity index (χ1) is 3.15. The molecule has 6 nitrogen and oxygen atoms in total. The molecule has 0 bridgehead atoms. The van der Waals surface area contributed by atoms with Crippen molar-refractivity contribution in [2.75, 3.05) is 0 Å². The molecule has 0 aliphatic carbocycles. The zero-order chi connectivity index (χ0) is 6.28. The smallest absolute Gasteiger partial charge is 1.00 e. The van der Waals surface area contributed by atoms with Crippen LogP contribution in [0.25, 0.3) is 0 Å². The molecule has 8 heteroatoms. The second-order valence-electron chi connectivity index (χ2n) is 0.364. The molecule has 0 fully saturated rings. The molecule has 0 radical (unpaired) electrons. The number of hydrogen-bond acceptors (Lipinski definition) is 3. The van der Waals surface area contributed by atoms with Gasteiger partial charge in [0.25, 0.3) is 0 Å². The average Bonchev–Trinajstić information content (AvgIpc) is 1.33. The van der Waals surface area contributed by atoms with Crippen molar-refractivity contribution in [3.8, 4) is 0 Å². The Balaban J connectivity index is -0.0000000131. The summed E-state index contributed by atoms with van der Waals surface area (Å²) < 4.78 is 8.74.